The zero-order valence-electron chi connectivity index (χ0n) is 8.17. The third-order valence-electron chi connectivity index (χ3n) is 1.98. The van der Waals surface area contributed by atoms with E-state index in [-0.39, 0.29) is 11.4 Å². The molecule has 2 N–H and O–H groups in total. The van der Waals surface area contributed by atoms with Gasteiger partial charge in [-0.05, 0) is 11.6 Å². The number of hydrogen-bond acceptors (Lipinski definition) is 3. The number of carbonyl (C=O) groups is 1. The quantitative estimate of drug-likeness (QED) is 0.803. The van der Waals surface area contributed by atoms with Gasteiger partial charge in [0, 0.05) is 6.42 Å². The Morgan fingerprint density at radius 1 is 1.67 bits per heavy atom. The molecule has 3 nitrogen and oxygen atoms in total. The first-order valence-electron chi connectivity index (χ1n) is 4.32. The van der Waals surface area contributed by atoms with Gasteiger partial charge in [0.15, 0.2) is 0 Å². The average molecular weight is 232 g/mol. The Morgan fingerprint density at radius 3 is 2.93 bits per heavy atom. The van der Waals surface area contributed by atoms with Crippen molar-refractivity contribution >= 4 is 17.6 Å². The van der Waals surface area contributed by atoms with Gasteiger partial charge in [-0.3, -0.25) is 4.79 Å². The van der Waals surface area contributed by atoms with Crippen molar-refractivity contribution in [3.63, 3.8) is 0 Å². The fourth-order valence-corrected chi connectivity index (χ4v) is 1.37. The number of rotatable bonds is 3. The van der Waals surface area contributed by atoms with Crippen LogP contribution in [0.1, 0.15) is 5.56 Å². The lowest BCUT2D eigenvalue weighted by Crippen LogP contribution is -2.33. The lowest BCUT2D eigenvalue weighted by atomic mass is 10.1. The maximum atomic E-state index is 13.4. The normalized spacial score (nSPS) is 12.3. The Morgan fingerprint density at radius 2 is 2.33 bits per heavy atom. The molecule has 0 aliphatic heterocycles. The van der Waals surface area contributed by atoms with Crippen LogP contribution in [-0.2, 0) is 16.0 Å². The lowest BCUT2D eigenvalue weighted by Gasteiger charge is -2.10. The lowest BCUT2D eigenvalue weighted by molar-refractivity contribution is -0.142. The van der Waals surface area contributed by atoms with E-state index in [2.05, 4.69) is 4.74 Å². The van der Waals surface area contributed by atoms with E-state index in [1.165, 1.54) is 19.2 Å². The molecule has 1 rings (SSSR count). The van der Waals surface area contributed by atoms with E-state index in [4.69, 9.17) is 17.3 Å². The van der Waals surface area contributed by atoms with Crippen molar-refractivity contribution in [2.45, 2.75) is 12.5 Å². The molecule has 0 bridgehead atoms. The molecule has 15 heavy (non-hydrogen) atoms. The Bertz CT molecular complexity index is 370. The van der Waals surface area contributed by atoms with Gasteiger partial charge in [-0.1, -0.05) is 23.7 Å². The van der Waals surface area contributed by atoms with Crippen LogP contribution in [0.15, 0.2) is 18.2 Å². The molecule has 0 saturated carbocycles. The monoisotopic (exact) mass is 231 g/mol. The maximum absolute atomic E-state index is 13.4. The van der Waals surface area contributed by atoms with Crippen LogP contribution >= 0.6 is 11.6 Å². The van der Waals surface area contributed by atoms with Gasteiger partial charge in [0.2, 0.25) is 0 Å². The second kappa shape index (κ2) is 5.09. The number of hydrogen-bond donors (Lipinski definition) is 1. The highest BCUT2D eigenvalue weighted by molar-refractivity contribution is 6.30. The van der Waals surface area contributed by atoms with Crippen molar-refractivity contribution in [3.05, 3.63) is 34.6 Å². The first kappa shape index (κ1) is 11.9. The molecule has 0 amide bonds. The number of ether oxygens (including phenoxy) is 1. The van der Waals surface area contributed by atoms with E-state index in [1.807, 2.05) is 0 Å². The van der Waals surface area contributed by atoms with Gasteiger partial charge in [-0.25, -0.2) is 4.39 Å². The van der Waals surface area contributed by atoms with Crippen LogP contribution in [-0.4, -0.2) is 19.1 Å². The number of nitrogens with two attached hydrogens (primary N) is 1. The van der Waals surface area contributed by atoms with Crippen LogP contribution in [0, 0.1) is 5.82 Å². The molecule has 1 aromatic rings. The second-order valence-corrected chi connectivity index (χ2v) is 3.45. The number of methoxy groups -OCH3 is 1. The molecule has 0 aliphatic carbocycles. The van der Waals surface area contributed by atoms with Crippen LogP contribution in [0.25, 0.3) is 0 Å². The molecule has 82 valence electrons. The molecule has 0 fully saturated rings. The van der Waals surface area contributed by atoms with Gasteiger partial charge in [0.05, 0.1) is 12.1 Å². The van der Waals surface area contributed by atoms with Crippen LogP contribution in [0.2, 0.25) is 5.02 Å². The van der Waals surface area contributed by atoms with Crippen molar-refractivity contribution in [1.82, 2.24) is 0 Å². The number of carbonyl (C=O) groups excluding carboxylic acids is 1. The Kier molecular flexibility index (Phi) is 4.05. The molecule has 0 spiro atoms. The van der Waals surface area contributed by atoms with E-state index in [9.17, 15) is 9.18 Å². The summed E-state index contributed by atoms with van der Waals surface area (Å²) in [6.07, 6.45) is 0.0685. The minimum absolute atomic E-state index is 0.0181. The van der Waals surface area contributed by atoms with Crippen molar-refractivity contribution in [2.75, 3.05) is 7.11 Å². The fourth-order valence-electron chi connectivity index (χ4n) is 1.18. The van der Waals surface area contributed by atoms with E-state index in [0.29, 0.717) is 5.56 Å². The molecular formula is C10H11ClFNO2. The Balaban J connectivity index is 2.81. The van der Waals surface area contributed by atoms with E-state index < -0.39 is 17.8 Å². The third-order valence-corrected chi connectivity index (χ3v) is 2.27. The van der Waals surface area contributed by atoms with Crippen molar-refractivity contribution in [1.29, 1.82) is 0 Å². The van der Waals surface area contributed by atoms with Gasteiger partial charge in [-0.2, -0.15) is 0 Å². The van der Waals surface area contributed by atoms with Crippen molar-refractivity contribution < 1.29 is 13.9 Å². The molecule has 1 atom stereocenters. The number of esters is 1. The standard InChI is InChI=1S/C10H11ClFNO2/c1-15-10(14)8(13)5-6-3-2-4-7(11)9(6)12/h2-4,8H,5,13H2,1H3. The van der Waals surface area contributed by atoms with Gasteiger partial charge >= 0.3 is 5.97 Å². The van der Waals surface area contributed by atoms with Crippen LogP contribution in [0.4, 0.5) is 4.39 Å². The predicted octanol–water partition coefficient (Wildman–Crippen LogP) is 1.52. The first-order valence-corrected chi connectivity index (χ1v) is 4.70. The highest BCUT2D eigenvalue weighted by atomic mass is 35.5. The van der Waals surface area contributed by atoms with Gasteiger partial charge in [0.25, 0.3) is 0 Å². The van der Waals surface area contributed by atoms with E-state index >= 15 is 0 Å². The van der Waals surface area contributed by atoms with Gasteiger partial charge < -0.3 is 10.5 Å². The average Bonchev–Trinajstić information content (AvgIpc) is 2.23. The third kappa shape index (κ3) is 2.91. The van der Waals surface area contributed by atoms with Gasteiger partial charge in [-0.15, -0.1) is 0 Å². The maximum Gasteiger partial charge on any atom is 0.322 e. The van der Waals surface area contributed by atoms with Crippen LogP contribution in [0.3, 0.4) is 0 Å². The topological polar surface area (TPSA) is 52.3 Å². The number of benzene rings is 1. The Hall–Kier alpha value is -1.13. The summed E-state index contributed by atoms with van der Waals surface area (Å²) in [5.41, 5.74) is 5.80. The summed E-state index contributed by atoms with van der Waals surface area (Å²) in [5, 5.41) is 0.0181. The Labute approximate surface area is 92.0 Å². The van der Waals surface area contributed by atoms with E-state index in [0.717, 1.165) is 0 Å². The van der Waals surface area contributed by atoms with Crippen LogP contribution < -0.4 is 5.73 Å². The molecule has 0 aliphatic rings. The molecular weight excluding hydrogens is 221 g/mol. The minimum atomic E-state index is -0.872. The summed E-state index contributed by atoms with van der Waals surface area (Å²) >= 11 is 5.58. The van der Waals surface area contributed by atoms with Crippen LogP contribution in [0.5, 0.6) is 0 Å². The first-order chi connectivity index (χ1) is 7.06. The molecule has 0 saturated heterocycles. The smallest absolute Gasteiger partial charge is 0.322 e. The zero-order chi connectivity index (χ0) is 11.4. The van der Waals surface area contributed by atoms with Crippen molar-refractivity contribution in [2.24, 2.45) is 5.73 Å². The van der Waals surface area contributed by atoms with E-state index in [1.54, 1.807) is 6.07 Å². The molecule has 0 aromatic heterocycles. The number of halogens is 2. The summed E-state index contributed by atoms with van der Waals surface area (Å²) in [4.78, 5) is 11.0. The summed E-state index contributed by atoms with van der Waals surface area (Å²) in [6.45, 7) is 0. The van der Waals surface area contributed by atoms with Gasteiger partial charge in [0.1, 0.15) is 11.9 Å². The molecule has 1 aromatic carbocycles. The molecule has 1 unspecified atom stereocenters. The zero-order valence-corrected chi connectivity index (χ0v) is 8.92. The summed E-state index contributed by atoms with van der Waals surface area (Å²) in [6, 6.07) is 3.70. The van der Waals surface area contributed by atoms with Crippen molar-refractivity contribution in [3.8, 4) is 0 Å². The highest BCUT2D eigenvalue weighted by Gasteiger charge is 2.17. The summed E-state index contributed by atoms with van der Waals surface area (Å²) < 4.78 is 17.8. The fraction of sp³-hybridized carbons (Fsp3) is 0.300. The molecule has 5 heteroatoms. The summed E-state index contributed by atoms with van der Waals surface area (Å²) in [7, 11) is 1.23. The predicted molar refractivity (Wildman–Crippen MR) is 55.1 cm³/mol. The second-order valence-electron chi connectivity index (χ2n) is 3.05. The largest absolute Gasteiger partial charge is 0.468 e. The SMILES string of the molecule is COC(=O)C(N)Cc1cccc(Cl)c1F. The molecule has 0 heterocycles. The molecule has 0 radical (unpaired) electrons. The minimum Gasteiger partial charge on any atom is -0.468 e. The summed E-state index contributed by atoms with van der Waals surface area (Å²) in [5.74, 6) is -1.12. The highest BCUT2D eigenvalue weighted by Crippen LogP contribution is 2.18.